The Hall–Kier alpha value is -2.02. The van der Waals surface area contributed by atoms with Crippen LogP contribution in [0.1, 0.15) is 40.3 Å². The topological polar surface area (TPSA) is 58.1 Å². The molecule has 2 heterocycles. The van der Waals surface area contributed by atoms with Gasteiger partial charge in [0.1, 0.15) is 5.69 Å². The Balaban J connectivity index is 1.82. The van der Waals surface area contributed by atoms with E-state index in [9.17, 15) is 9.18 Å². The Morgan fingerprint density at radius 2 is 2.09 bits per heavy atom. The summed E-state index contributed by atoms with van der Waals surface area (Å²) < 4.78 is 13.5. The van der Waals surface area contributed by atoms with E-state index in [4.69, 9.17) is 0 Å². The summed E-state index contributed by atoms with van der Waals surface area (Å²) >= 11 is 1.42. The van der Waals surface area contributed by atoms with Gasteiger partial charge in [-0.1, -0.05) is 0 Å². The summed E-state index contributed by atoms with van der Waals surface area (Å²) in [5.41, 5.74) is 1.72. The molecule has 0 aromatic carbocycles. The molecule has 0 unspecified atom stereocenters. The van der Waals surface area contributed by atoms with Crippen molar-refractivity contribution in [3.05, 3.63) is 34.3 Å². The predicted octanol–water partition coefficient (Wildman–Crippen LogP) is 3.34. The van der Waals surface area contributed by atoms with Gasteiger partial charge in [0.05, 0.1) is 0 Å². The van der Waals surface area contributed by atoms with Crippen LogP contribution in [-0.4, -0.2) is 29.0 Å². The number of nitrogens with zero attached hydrogens (tertiary/aromatic N) is 3. The van der Waals surface area contributed by atoms with Crippen molar-refractivity contribution in [3.8, 4) is 0 Å². The molecule has 1 amide bonds. The third kappa shape index (κ3) is 3.34. The molecular weight excluding hydrogens is 315 g/mol. The Labute approximate surface area is 138 Å². The third-order valence-electron chi connectivity index (χ3n) is 4.02. The minimum Gasteiger partial charge on any atom is -0.348 e. The van der Waals surface area contributed by atoms with Crippen molar-refractivity contribution < 1.29 is 9.18 Å². The van der Waals surface area contributed by atoms with Crippen LogP contribution in [0.5, 0.6) is 0 Å². The molecule has 2 aromatic heterocycles. The van der Waals surface area contributed by atoms with Gasteiger partial charge >= 0.3 is 0 Å². The molecule has 0 radical (unpaired) electrons. The molecule has 23 heavy (non-hydrogen) atoms. The molecule has 0 atom stereocenters. The fraction of sp³-hybridized carbons (Fsp3) is 0.438. The minimum absolute atomic E-state index is 0.125. The minimum atomic E-state index is -0.525. The summed E-state index contributed by atoms with van der Waals surface area (Å²) in [6.45, 7) is 3.62. The molecule has 0 bridgehead atoms. The van der Waals surface area contributed by atoms with Gasteiger partial charge in [-0.2, -0.15) is 4.39 Å². The highest BCUT2D eigenvalue weighted by Gasteiger charge is 2.24. The zero-order valence-electron chi connectivity index (χ0n) is 13.4. The number of aromatic nitrogens is 2. The van der Waals surface area contributed by atoms with Crippen molar-refractivity contribution in [2.45, 2.75) is 39.2 Å². The number of anilines is 2. The van der Waals surface area contributed by atoms with Crippen LogP contribution in [-0.2, 0) is 0 Å². The van der Waals surface area contributed by atoms with Crippen LogP contribution in [0.2, 0.25) is 0 Å². The van der Waals surface area contributed by atoms with Crippen molar-refractivity contribution >= 4 is 28.1 Å². The van der Waals surface area contributed by atoms with E-state index in [0.29, 0.717) is 22.2 Å². The van der Waals surface area contributed by atoms with Gasteiger partial charge in [0, 0.05) is 35.4 Å². The molecule has 3 rings (SSSR count). The molecule has 1 N–H and O–H groups in total. The van der Waals surface area contributed by atoms with E-state index < -0.39 is 5.95 Å². The molecule has 1 aliphatic rings. The van der Waals surface area contributed by atoms with Crippen LogP contribution < -0.4 is 10.2 Å². The maximum absolute atomic E-state index is 13.5. The SMILES string of the molecule is Cc1cc(N(C)c2nc(C(=O)NC3CCC3)c(C)s2)cc(F)n1. The molecule has 1 aliphatic carbocycles. The molecule has 5 nitrogen and oxygen atoms in total. The van der Waals surface area contributed by atoms with E-state index >= 15 is 0 Å². The number of hydrogen-bond donors (Lipinski definition) is 1. The molecule has 1 fully saturated rings. The van der Waals surface area contributed by atoms with Gasteiger partial charge in [0.15, 0.2) is 5.13 Å². The second kappa shape index (κ2) is 6.23. The quantitative estimate of drug-likeness (QED) is 0.871. The van der Waals surface area contributed by atoms with Gasteiger partial charge < -0.3 is 10.2 Å². The molecular formula is C16H19FN4OS. The van der Waals surface area contributed by atoms with Crippen molar-refractivity contribution in [1.29, 1.82) is 0 Å². The smallest absolute Gasteiger partial charge is 0.271 e. The van der Waals surface area contributed by atoms with E-state index in [1.807, 2.05) is 6.92 Å². The first kappa shape index (κ1) is 15.9. The lowest BCUT2D eigenvalue weighted by Gasteiger charge is -2.26. The Morgan fingerprint density at radius 3 is 2.70 bits per heavy atom. The molecule has 1 saturated carbocycles. The number of pyridine rings is 1. The zero-order valence-corrected chi connectivity index (χ0v) is 14.2. The first-order valence-electron chi connectivity index (χ1n) is 7.60. The van der Waals surface area contributed by atoms with Crippen LogP contribution in [0.15, 0.2) is 12.1 Å². The van der Waals surface area contributed by atoms with Crippen molar-refractivity contribution in [2.24, 2.45) is 0 Å². The number of carbonyl (C=O) groups is 1. The van der Waals surface area contributed by atoms with Gasteiger partial charge in [-0.15, -0.1) is 11.3 Å². The van der Waals surface area contributed by atoms with E-state index in [0.717, 1.165) is 17.7 Å². The normalized spacial score (nSPS) is 14.4. The van der Waals surface area contributed by atoms with E-state index in [2.05, 4.69) is 15.3 Å². The fourth-order valence-electron chi connectivity index (χ4n) is 2.46. The summed E-state index contributed by atoms with van der Waals surface area (Å²) in [6, 6.07) is 3.42. The molecule has 7 heteroatoms. The second-order valence-electron chi connectivity index (χ2n) is 5.85. The lowest BCUT2D eigenvalue weighted by Crippen LogP contribution is -2.39. The summed E-state index contributed by atoms with van der Waals surface area (Å²) in [5, 5.41) is 3.66. The predicted molar refractivity (Wildman–Crippen MR) is 89.0 cm³/mol. The summed E-state index contributed by atoms with van der Waals surface area (Å²) in [7, 11) is 1.81. The average molecular weight is 334 g/mol. The Kier molecular flexibility index (Phi) is 4.30. The summed E-state index contributed by atoms with van der Waals surface area (Å²) in [6.07, 6.45) is 3.25. The number of thiazole rings is 1. The van der Waals surface area contributed by atoms with E-state index in [1.165, 1.54) is 23.8 Å². The monoisotopic (exact) mass is 334 g/mol. The first-order valence-corrected chi connectivity index (χ1v) is 8.42. The molecule has 2 aromatic rings. The highest BCUT2D eigenvalue weighted by Crippen LogP contribution is 2.31. The van der Waals surface area contributed by atoms with Crippen LogP contribution in [0.4, 0.5) is 15.2 Å². The third-order valence-corrected chi connectivity index (χ3v) is 5.07. The standard InChI is InChI=1S/C16H19FN4OS/c1-9-7-12(8-13(17)18-9)21(3)16-20-14(10(2)23-16)15(22)19-11-5-4-6-11/h7-8,11H,4-6H2,1-3H3,(H,19,22). The maximum Gasteiger partial charge on any atom is 0.271 e. The number of nitrogens with one attached hydrogen (secondary N) is 1. The van der Waals surface area contributed by atoms with Crippen LogP contribution in [0, 0.1) is 19.8 Å². The molecule has 0 saturated heterocycles. The largest absolute Gasteiger partial charge is 0.348 e. The van der Waals surface area contributed by atoms with Crippen LogP contribution >= 0.6 is 11.3 Å². The number of rotatable bonds is 4. The number of amides is 1. The van der Waals surface area contributed by atoms with E-state index in [-0.39, 0.29) is 11.9 Å². The summed E-state index contributed by atoms with van der Waals surface area (Å²) in [4.78, 5) is 23.1. The van der Waals surface area contributed by atoms with Crippen LogP contribution in [0.25, 0.3) is 0 Å². The van der Waals surface area contributed by atoms with E-state index in [1.54, 1.807) is 24.9 Å². The molecule has 0 spiro atoms. The van der Waals surface area contributed by atoms with Crippen molar-refractivity contribution in [1.82, 2.24) is 15.3 Å². The van der Waals surface area contributed by atoms with Gasteiger partial charge in [-0.25, -0.2) is 9.97 Å². The highest BCUT2D eigenvalue weighted by molar-refractivity contribution is 7.15. The fourth-order valence-corrected chi connectivity index (χ4v) is 3.35. The summed E-state index contributed by atoms with van der Waals surface area (Å²) in [5.74, 6) is -0.650. The second-order valence-corrected chi connectivity index (χ2v) is 7.03. The molecule has 0 aliphatic heterocycles. The lowest BCUT2D eigenvalue weighted by molar-refractivity contribution is 0.0912. The van der Waals surface area contributed by atoms with Gasteiger partial charge in [-0.05, 0) is 39.2 Å². The zero-order chi connectivity index (χ0) is 16.6. The first-order chi connectivity index (χ1) is 10.9. The van der Waals surface area contributed by atoms with Crippen LogP contribution in [0.3, 0.4) is 0 Å². The Morgan fingerprint density at radius 1 is 1.35 bits per heavy atom. The van der Waals surface area contributed by atoms with Crippen molar-refractivity contribution in [3.63, 3.8) is 0 Å². The average Bonchev–Trinajstić information content (AvgIpc) is 2.83. The van der Waals surface area contributed by atoms with Gasteiger partial charge in [0.25, 0.3) is 5.91 Å². The highest BCUT2D eigenvalue weighted by atomic mass is 32.1. The number of carbonyl (C=O) groups excluding carboxylic acids is 1. The Bertz CT molecular complexity index is 721. The lowest BCUT2D eigenvalue weighted by atomic mass is 9.93. The van der Waals surface area contributed by atoms with Crippen molar-refractivity contribution in [2.75, 3.05) is 11.9 Å². The number of halogens is 1. The number of hydrogen-bond acceptors (Lipinski definition) is 5. The molecule has 122 valence electrons. The van der Waals surface area contributed by atoms with Gasteiger partial charge in [-0.3, -0.25) is 4.79 Å². The number of aryl methyl sites for hydroxylation is 2. The maximum atomic E-state index is 13.5. The van der Waals surface area contributed by atoms with Gasteiger partial charge in [0.2, 0.25) is 5.95 Å².